The van der Waals surface area contributed by atoms with Crippen molar-refractivity contribution in [2.45, 2.75) is 6.42 Å². The van der Waals surface area contributed by atoms with Crippen LogP contribution in [0.5, 0.6) is 0 Å². The number of ether oxygens (including phenoxy) is 1. The van der Waals surface area contributed by atoms with Crippen LogP contribution in [0.2, 0.25) is 0 Å². The van der Waals surface area contributed by atoms with Crippen LogP contribution >= 0.6 is 12.2 Å². The van der Waals surface area contributed by atoms with Gasteiger partial charge in [0.15, 0.2) is 5.82 Å². The molecule has 1 aliphatic rings. The molecule has 6 nitrogen and oxygen atoms in total. The highest BCUT2D eigenvalue weighted by Gasteiger charge is 2.31. The van der Waals surface area contributed by atoms with Crippen LogP contribution in [0.4, 0.5) is 5.82 Å². The molecular weight excluding hydrogens is 252 g/mol. The molecule has 18 heavy (non-hydrogen) atoms. The Morgan fingerprint density at radius 3 is 3.11 bits per heavy atom. The van der Waals surface area contributed by atoms with Gasteiger partial charge in [0.25, 0.3) is 0 Å². The molecule has 96 valence electrons. The van der Waals surface area contributed by atoms with E-state index in [1.807, 2.05) is 4.90 Å². The third-order valence-corrected chi connectivity index (χ3v) is 3.21. The predicted molar refractivity (Wildman–Crippen MR) is 70.3 cm³/mol. The van der Waals surface area contributed by atoms with Gasteiger partial charge in [0.2, 0.25) is 0 Å². The summed E-state index contributed by atoms with van der Waals surface area (Å²) >= 11 is 4.98. The summed E-state index contributed by atoms with van der Waals surface area (Å²) in [6, 6.07) is 1.73. The van der Waals surface area contributed by atoms with Crippen LogP contribution in [0, 0.1) is 5.92 Å². The highest BCUT2D eigenvalue weighted by atomic mass is 32.1. The van der Waals surface area contributed by atoms with Crippen molar-refractivity contribution in [2.75, 3.05) is 25.1 Å². The first-order valence-corrected chi connectivity index (χ1v) is 5.98. The lowest BCUT2D eigenvalue weighted by Gasteiger charge is -2.18. The summed E-state index contributed by atoms with van der Waals surface area (Å²) in [4.78, 5) is 13.7. The van der Waals surface area contributed by atoms with Crippen molar-refractivity contribution in [3.05, 3.63) is 17.8 Å². The van der Waals surface area contributed by atoms with E-state index in [-0.39, 0.29) is 16.9 Å². The van der Waals surface area contributed by atoms with Crippen LogP contribution in [-0.2, 0) is 9.53 Å². The van der Waals surface area contributed by atoms with E-state index in [9.17, 15) is 4.79 Å². The standard InChI is InChI=1S/C11H14N4O2S/c1-17-11(16)7-3-5-15(6-7)10-8(9(12)18)2-4-13-14-10/h2,4,7H,3,5-6H2,1H3,(H2,12,18). The van der Waals surface area contributed by atoms with Crippen molar-refractivity contribution in [2.24, 2.45) is 11.7 Å². The molecule has 0 aromatic carbocycles. The van der Waals surface area contributed by atoms with Crippen molar-refractivity contribution < 1.29 is 9.53 Å². The van der Waals surface area contributed by atoms with E-state index < -0.39 is 0 Å². The topological polar surface area (TPSA) is 81.3 Å². The monoisotopic (exact) mass is 266 g/mol. The second-order valence-electron chi connectivity index (χ2n) is 4.09. The van der Waals surface area contributed by atoms with Gasteiger partial charge in [-0.05, 0) is 12.5 Å². The maximum absolute atomic E-state index is 11.5. The third kappa shape index (κ3) is 2.40. The lowest BCUT2D eigenvalue weighted by Crippen LogP contribution is -2.27. The van der Waals surface area contributed by atoms with E-state index in [0.717, 1.165) is 6.42 Å². The summed E-state index contributed by atoms with van der Waals surface area (Å²) in [5.74, 6) is 0.311. The fourth-order valence-electron chi connectivity index (χ4n) is 2.06. The first kappa shape index (κ1) is 12.7. The van der Waals surface area contributed by atoms with Crippen LogP contribution in [-0.4, -0.2) is 41.4 Å². The van der Waals surface area contributed by atoms with Crippen LogP contribution < -0.4 is 10.6 Å². The molecule has 0 saturated carbocycles. The Balaban J connectivity index is 2.19. The Morgan fingerprint density at radius 2 is 2.44 bits per heavy atom. The molecule has 0 bridgehead atoms. The van der Waals surface area contributed by atoms with Gasteiger partial charge in [-0.1, -0.05) is 12.2 Å². The molecule has 1 aromatic rings. The smallest absolute Gasteiger partial charge is 0.310 e. The molecule has 0 spiro atoms. The Bertz CT molecular complexity index is 480. The number of rotatable bonds is 3. The number of thiocarbonyl (C=S) groups is 1. The largest absolute Gasteiger partial charge is 0.469 e. The highest BCUT2D eigenvalue weighted by Crippen LogP contribution is 2.25. The molecule has 0 aliphatic carbocycles. The zero-order valence-corrected chi connectivity index (χ0v) is 10.8. The summed E-state index contributed by atoms with van der Waals surface area (Å²) in [5, 5.41) is 7.90. The van der Waals surface area contributed by atoms with E-state index in [4.69, 9.17) is 22.7 Å². The molecule has 1 aliphatic heterocycles. The van der Waals surface area contributed by atoms with Gasteiger partial charge in [0, 0.05) is 13.1 Å². The van der Waals surface area contributed by atoms with Gasteiger partial charge in [-0.2, -0.15) is 5.10 Å². The minimum Gasteiger partial charge on any atom is -0.469 e. The minimum absolute atomic E-state index is 0.129. The van der Waals surface area contributed by atoms with E-state index in [1.54, 1.807) is 12.3 Å². The number of anilines is 1. The molecule has 2 heterocycles. The second-order valence-corrected chi connectivity index (χ2v) is 4.53. The molecule has 2 rings (SSSR count). The van der Waals surface area contributed by atoms with Gasteiger partial charge < -0.3 is 15.4 Å². The molecule has 1 atom stereocenters. The summed E-state index contributed by atoms with van der Waals surface area (Å²) in [6.45, 7) is 1.27. The number of carbonyl (C=O) groups excluding carboxylic acids is 1. The number of nitrogens with two attached hydrogens (primary N) is 1. The summed E-state index contributed by atoms with van der Waals surface area (Å²) in [7, 11) is 1.40. The Hall–Kier alpha value is -1.76. The van der Waals surface area contributed by atoms with E-state index in [1.165, 1.54) is 7.11 Å². The summed E-state index contributed by atoms with van der Waals surface area (Å²) in [5.41, 5.74) is 6.33. The van der Waals surface area contributed by atoms with Crippen molar-refractivity contribution in [1.29, 1.82) is 0 Å². The van der Waals surface area contributed by atoms with E-state index in [2.05, 4.69) is 10.2 Å². The SMILES string of the molecule is COC(=O)C1CCN(c2nnccc2C(N)=S)C1. The average Bonchev–Trinajstić information content (AvgIpc) is 2.87. The van der Waals surface area contributed by atoms with Crippen molar-refractivity contribution in [3.63, 3.8) is 0 Å². The zero-order chi connectivity index (χ0) is 13.1. The zero-order valence-electron chi connectivity index (χ0n) is 10.00. The van der Waals surface area contributed by atoms with Gasteiger partial charge in [-0.3, -0.25) is 4.79 Å². The number of esters is 1. The number of hydrogen-bond acceptors (Lipinski definition) is 6. The van der Waals surface area contributed by atoms with Gasteiger partial charge in [-0.25, -0.2) is 0 Å². The normalized spacial score (nSPS) is 18.7. The Labute approximate surface area is 110 Å². The molecule has 1 aromatic heterocycles. The Kier molecular flexibility index (Phi) is 3.71. The van der Waals surface area contributed by atoms with Crippen molar-refractivity contribution >= 4 is 29.0 Å². The number of carbonyl (C=O) groups is 1. The molecule has 0 amide bonds. The van der Waals surface area contributed by atoms with Crippen molar-refractivity contribution in [3.8, 4) is 0 Å². The lowest BCUT2D eigenvalue weighted by molar-refractivity contribution is -0.144. The molecule has 1 unspecified atom stereocenters. The predicted octanol–water partition coefficient (Wildman–Crippen LogP) is 0.110. The fraction of sp³-hybridized carbons (Fsp3) is 0.455. The molecule has 1 saturated heterocycles. The van der Waals surface area contributed by atoms with E-state index in [0.29, 0.717) is 24.5 Å². The van der Waals surface area contributed by atoms with Gasteiger partial charge >= 0.3 is 5.97 Å². The molecule has 7 heteroatoms. The first-order chi connectivity index (χ1) is 8.63. The van der Waals surface area contributed by atoms with Gasteiger partial charge in [-0.15, -0.1) is 5.10 Å². The van der Waals surface area contributed by atoms with Crippen LogP contribution in [0.15, 0.2) is 12.3 Å². The van der Waals surface area contributed by atoms with Gasteiger partial charge in [0.05, 0.1) is 24.8 Å². The fourth-order valence-corrected chi connectivity index (χ4v) is 2.22. The van der Waals surface area contributed by atoms with Crippen molar-refractivity contribution in [1.82, 2.24) is 10.2 Å². The van der Waals surface area contributed by atoms with Crippen LogP contribution in [0.25, 0.3) is 0 Å². The Morgan fingerprint density at radius 1 is 1.67 bits per heavy atom. The molecule has 1 fully saturated rings. The number of methoxy groups -OCH3 is 1. The third-order valence-electron chi connectivity index (χ3n) is 2.99. The maximum atomic E-state index is 11.5. The first-order valence-electron chi connectivity index (χ1n) is 5.57. The highest BCUT2D eigenvalue weighted by molar-refractivity contribution is 7.80. The molecule has 2 N–H and O–H groups in total. The van der Waals surface area contributed by atoms with Crippen LogP contribution in [0.1, 0.15) is 12.0 Å². The van der Waals surface area contributed by atoms with E-state index >= 15 is 0 Å². The number of nitrogens with zero attached hydrogens (tertiary/aromatic N) is 3. The molecular formula is C11H14N4O2S. The summed E-state index contributed by atoms with van der Waals surface area (Å²) < 4.78 is 4.74. The maximum Gasteiger partial charge on any atom is 0.310 e. The lowest BCUT2D eigenvalue weighted by atomic mass is 10.1. The van der Waals surface area contributed by atoms with Gasteiger partial charge in [0.1, 0.15) is 4.99 Å². The second kappa shape index (κ2) is 5.26. The van der Waals surface area contributed by atoms with Crippen LogP contribution in [0.3, 0.4) is 0 Å². The number of aromatic nitrogens is 2. The molecule has 0 radical (unpaired) electrons. The number of hydrogen-bond donors (Lipinski definition) is 1. The minimum atomic E-state index is -0.196. The summed E-state index contributed by atoms with van der Waals surface area (Å²) in [6.07, 6.45) is 2.28. The quantitative estimate of drug-likeness (QED) is 0.614. The average molecular weight is 266 g/mol.